The predicted octanol–water partition coefficient (Wildman–Crippen LogP) is 2.43. The van der Waals surface area contributed by atoms with Crippen molar-refractivity contribution in [2.45, 2.75) is 13.8 Å². The van der Waals surface area contributed by atoms with Gasteiger partial charge in [0.1, 0.15) is 5.82 Å². The fourth-order valence-electron chi connectivity index (χ4n) is 1.51. The average molecular weight is 188 g/mol. The molecule has 3 heteroatoms. The zero-order chi connectivity index (χ0) is 10.1. The number of carbonyl (C=O) groups excluding carboxylic acids is 1. The lowest BCUT2D eigenvalue weighted by Gasteiger charge is -1.94. The van der Waals surface area contributed by atoms with Crippen LogP contribution in [-0.2, 0) is 4.79 Å². The highest BCUT2D eigenvalue weighted by molar-refractivity contribution is 5.92. The van der Waals surface area contributed by atoms with E-state index < -0.39 is 0 Å². The number of anilines is 1. The summed E-state index contributed by atoms with van der Waals surface area (Å²) in [5.74, 6) is 0.686. The van der Waals surface area contributed by atoms with Crippen molar-refractivity contribution < 1.29 is 4.79 Å². The maximum Gasteiger partial charge on any atom is 0.222 e. The summed E-state index contributed by atoms with van der Waals surface area (Å²) in [5.41, 5.74) is 2.25. The highest BCUT2D eigenvalue weighted by Crippen LogP contribution is 2.19. The molecule has 2 aromatic rings. The molecule has 0 spiro atoms. The molecule has 1 aromatic heterocycles. The summed E-state index contributed by atoms with van der Waals surface area (Å²) in [7, 11) is 0. The second-order valence-electron chi connectivity index (χ2n) is 3.45. The summed E-state index contributed by atoms with van der Waals surface area (Å²) in [6.07, 6.45) is 0. The van der Waals surface area contributed by atoms with Crippen LogP contribution in [0.25, 0.3) is 10.9 Å². The summed E-state index contributed by atoms with van der Waals surface area (Å²) in [6, 6.07) is 8.06. The van der Waals surface area contributed by atoms with E-state index in [2.05, 4.69) is 16.4 Å². The molecule has 2 rings (SSSR count). The fraction of sp³-hybridized carbons (Fsp3) is 0.182. The molecule has 2 N–H and O–H groups in total. The van der Waals surface area contributed by atoms with E-state index in [0.29, 0.717) is 0 Å². The molecule has 3 nitrogen and oxygen atoms in total. The molecule has 1 aromatic carbocycles. The maximum atomic E-state index is 10.8. The quantitative estimate of drug-likeness (QED) is 0.709. The van der Waals surface area contributed by atoms with Crippen LogP contribution in [0.3, 0.4) is 0 Å². The first-order valence-corrected chi connectivity index (χ1v) is 4.52. The minimum absolute atomic E-state index is 0.0618. The molecule has 0 atom stereocenters. The minimum atomic E-state index is -0.0618. The summed E-state index contributed by atoms with van der Waals surface area (Å²) >= 11 is 0. The SMILES string of the molecule is CC(=O)Nc1cc2cc(C)ccc2[nH]1. The van der Waals surface area contributed by atoms with Gasteiger partial charge >= 0.3 is 0 Å². The Hall–Kier alpha value is -1.77. The first kappa shape index (κ1) is 8.81. The summed E-state index contributed by atoms with van der Waals surface area (Å²) in [6.45, 7) is 3.54. The van der Waals surface area contributed by atoms with Crippen molar-refractivity contribution in [3.63, 3.8) is 0 Å². The Morgan fingerprint density at radius 1 is 1.36 bits per heavy atom. The molecule has 0 saturated carbocycles. The number of fused-ring (bicyclic) bond motifs is 1. The molecule has 0 unspecified atom stereocenters. The largest absolute Gasteiger partial charge is 0.341 e. The Balaban J connectivity index is 2.46. The molecule has 0 aliphatic carbocycles. The highest BCUT2D eigenvalue weighted by atomic mass is 16.1. The molecule has 0 fully saturated rings. The number of aryl methyl sites for hydroxylation is 1. The molecular weight excluding hydrogens is 176 g/mol. The number of benzene rings is 1. The number of nitrogens with one attached hydrogen (secondary N) is 2. The monoisotopic (exact) mass is 188 g/mol. The summed E-state index contributed by atoms with van der Waals surface area (Å²) in [4.78, 5) is 13.9. The van der Waals surface area contributed by atoms with Gasteiger partial charge in [0.05, 0.1) is 0 Å². The Bertz CT molecular complexity index is 485. The van der Waals surface area contributed by atoms with Gasteiger partial charge in [-0.05, 0) is 25.1 Å². The second kappa shape index (κ2) is 3.18. The smallest absolute Gasteiger partial charge is 0.222 e. The van der Waals surface area contributed by atoms with Crippen molar-refractivity contribution in [2.75, 3.05) is 5.32 Å². The van der Waals surface area contributed by atoms with Gasteiger partial charge in [-0.3, -0.25) is 4.79 Å². The lowest BCUT2D eigenvalue weighted by Crippen LogP contribution is -2.05. The van der Waals surface area contributed by atoms with E-state index in [-0.39, 0.29) is 5.91 Å². The number of H-pyrrole nitrogens is 1. The number of carbonyl (C=O) groups is 1. The minimum Gasteiger partial charge on any atom is -0.341 e. The topological polar surface area (TPSA) is 44.9 Å². The lowest BCUT2D eigenvalue weighted by atomic mass is 10.2. The number of amides is 1. The van der Waals surface area contributed by atoms with Gasteiger partial charge < -0.3 is 10.3 Å². The molecule has 72 valence electrons. The van der Waals surface area contributed by atoms with Crippen molar-refractivity contribution in [2.24, 2.45) is 0 Å². The van der Waals surface area contributed by atoms with Crippen LogP contribution in [-0.4, -0.2) is 10.9 Å². The number of aromatic amines is 1. The van der Waals surface area contributed by atoms with Crippen LogP contribution in [0.2, 0.25) is 0 Å². The van der Waals surface area contributed by atoms with Crippen molar-refractivity contribution >= 4 is 22.6 Å². The van der Waals surface area contributed by atoms with Crippen LogP contribution in [0.4, 0.5) is 5.82 Å². The van der Waals surface area contributed by atoms with E-state index in [9.17, 15) is 4.79 Å². The standard InChI is InChI=1S/C11H12N2O/c1-7-3-4-10-9(5-7)6-11(13-10)12-8(2)14/h3-6,13H,1-2H3,(H,12,14). The third-order valence-corrected chi connectivity index (χ3v) is 2.09. The normalized spacial score (nSPS) is 10.4. The molecule has 1 amide bonds. The maximum absolute atomic E-state index is 10.8. The first-order valence-electron chi connectivity index (χ1n) is 4.52. The number of hydrogen-bond acceptors (Lipinski definition) is 1. The zero-order valence-corrected chi connectivity index (χ0v) is 8.22. The molecule has 14 heavy (non-hydrogen) atoms. The van der Waals surface area contributed by atoms with Gasteiger partial charge in [-0.2, -0.15) is 0 Å². The Labute approximate surface area is 82.1 Å². The Morgan fingerprint density at radius 2 is 2.14 bits per heavy atom. The van der Waals surface area contributed by atoms with Crippen molar-refractivity contribution in [1.82, 2.24) is 4.98 Å². The van der Waals surface area contributed by atoms with Crippen molar-refractivity contribution in [3.05, 3.63) is 29.8 Å². The first-order chi connectivity index (χ1) is 6.65. The average Bonchev–Trinajstić information content (AvgIpc) is 2.44. The van der Waals surface area contributed by atoms with Gasteiger partial charge in [0.15, 0.2) is 0 Å². The van der Waals surface area contributed by atoms with E-state index in [1.54, 1.807) is 0 Å². The second-order valence-corrected chi connectivity index (χ2v) is 3.45. The van der Waals surface area contributed by atoms with Gasteiger partial charge in [0, 0.05) is 17.8 Å². The molecule has 0 radical (unpaired) electrons. The highest BCUT2D eigenvalue weighted by Gasteiger charge is 2.01. The third-order valence-electron chi connectivity index (χ3n) is 2.09. The third kappa shape index (κ3) is 1.62. The Morgan fingerprint density at radius 3 is 2.86 bits per heavy atom. The van der Waals surface area contributed by atoms with Crippen LogP contribution >= 0.6 is 0 Å². The van der Waals surface area contributed by atoms with E-state index >= 15 is 0 Å². The van der Waals surface area contributed by atoms with Gasteiger partial charge in [-0.15, -0.1) is 0 Å². The van der Waals surface area contributed by atoms with Crippen LogP contribution in [0.15, 0.2) is 24.3 Å². The van der Waals surface area contributed by atoms with Gasteiger partial charge in [0.25, 0.3) is 0 Å². The van der Waals surface area contributed by atoms with Gasteiger partial charge in [-0.25, -0.2) is 0 Å². The molecule has 0 saturated heterocycles. The van der Waals surface area contributed by atoms with Gasteiger partial charge in [0.2, 0.25) is 5.91 Å². The molecule has 1 heterocycles. The Kier molecular flexibility index (Phi) is 2.00. The molecular formula is C11H12N2O. The van der Waals surface area contributed by atoms with E-state index in [0.717, 1.165) is 16.7 Å². The summed E-state index contributed by atoms with van der Waals surface area (Å²) < 4.78 is 0. The zero-order valence-electron chi connectivity index (χ0n) is 8.22. The number of rotatable bonds is 1. The van der Waals surface area contributed by atoms with Crippen LogP contribution in [0, 0.1) is 6.92 Å². The van der Waals surface area contributed by atoms with Crippen LogP contribution < -0.4 is 5.32 Å². The van der Waals surface area contributed by atoms with Gasteiger partial charge in [-0.1, -0.05) is 11.6 Å². The molecule has 0 aliphatic rings. The number of hydrogen-bond donors (Lipinski definition) is 2. The number of aromatic nitrogens is 1. The van der Waals surface area contributed by atoms with E-state index in [1.807, 2.05) is 25.1 Å². The van der Waals surface area contributed by atoms with E-state index in [4.69, 9.17) is 0 Å². The van der Waals surface area contributed by atoms with Crippen LogP contribution in [0.1, 0.15) is 12.5 Å². The van der Waals surface area contributed by atoms with Crippen LogP contribution in [0.5, 0.6) is 0 Å². The van der Waals surface area contributed by atoms with E-state index in [1.165, 1.54) is 12.5 Å². The molecule has 0 aliphatic heterocycles. The predicted molar refractivity (Wildman–Crippen MR) is 57.3 cm³/mol. The van der Waals surface area contributed by atoms with Crippen molar-refractivity contribution in [1.29, 1.82) is 0 Å². The molecule has 0 bridgehead atoms. The fourth-order valence-corrected chi connectivity index (χ4v) is 1.51. The van der Waals surface area contributed by atoms with Crippen molar-refractivity contribution in [3.8, 4) is 0 Å². The lowest BCUT2D eigenvalue weighted by molar-refractivity contribution is -0.114. The summed E-state index contributed by atoms with van der Waals surface area (Å²) in [5, 5.41) is 3.84.